The summed E-state index contributed by atoms with van der Waals surface area (Å²) >= 11 is 1.84. The van der Waals surface area contributed by atoms with Crippen molar-refractivity contribution >= 4 is 47.6 Å². The van der Waals surface area contributed by atoms with Crippen molar-refractivity contribution in [2.45, 2.75) is 18.9 Å². The summed E-state index contributed by atoms with van der Waals surface area (Å²) in [6.07, 6.45) is 0.497. The third kappa shape index (κ3) is 7.76. The highest BCUT2D eigenvalue weighted by molar-refractivity contribution is 7.99. The van der Waals surface area contributed by atoms with Gasteiger partial charge in [0.15, 0.2) is 0 Å². The van der Waals surface area contributed by atoms with Gasteiger partial charge in [-0.25, -0.2) is 0 Å². The lowest BCUT2D eigenvalue weighted by Gasteiger charge is -2.22. The lowest BCUT2D eigenvalue weighted by Crippen LogP contribution is -2.39. The van der Waals surface area contributed by atoms with E-state index in [0.29, 0.717) is 17.7 Å². The van der Waals surface area contributed by atoms with E-state index in [2.05, 4.69) is 16.0 Å². The second kappa shape index (κ2) is 11.0. The number of nitrogens with two attached hydrogens (primary N) is 1. The van der Waals surface area contributed by atoms with Crippen molar-refractivity contribution in [1.29, 1.82) is 0 Å². The average Bonchev–Trinajstić information content (AvgIpc) is 2.55. The Hall–Kier alpha value is -1.77. The maximum Gasteiger partial charge on any atom is 0.251 e. The lowest BCUT2D eigenvalue weighted by atomic mass is 10.1. The van der Waals surface area contributed by atoms with E-state index < -0.39 is 5.91 Å². The second-order valence-corrected chi connectivity index (χ2v) is 6.68. The van der Waals surface area contributed by atoms with Crippen molar-refractivity contribution in [3.8, 4) is 0 Å². The summed E-state index contributed by atoms with van der Waals surface area (Å²) in [6, 6.07) is 6.88. The van der Waals surface area contributed by atoms with Crippen molar-refractivity contribution < 1.29 is 14.4 Å². The lowest BCUT2D eigenvalue weighted by molar-refractivity contribution is -0.118. The highest BCUT2D eigenvalue weighted by atomic mass is 35.5. The summed E-state index contributed by atoms with van der Waals surface area (Å²) < 4.78 is 0. The molecule has 0 aromatic heterocycles. The molecule has 1 unspecified atom stereocenters. The number of amides is 3. The Labute approximate surface area is 157 Å². The molecule has 7 nitrogen and oxygen atoms in total. The van der Waals surface area contributed by atoms with Gasteiger partial charge in [-0.15, -0.1) is 12.4 Å². The molecule has 138 valence electrons. The number of anilines is 1. The van der Waals surface area contributed by atoms with Gasteiger partial charge < -0.3 is 21.7 Å². The maximum atomic E-state index is 12.1. The zero-order chi connectivity index (χ0) is 17.4. The molecule has 0 radical (unpaired) electrons. The molecule has 0 aliphatic carbocycles. The van der Waals surface area contributed by atoms with E-state index in [0.717, 1.165) is 18.1 Å². The maximum absolute atomic E-state index is 12.1. The molecular weight excluding hydrogens is 364 g/mol. The number of benzene rings is 1. The van der Waals surface area contributed by atoms with Crippen LogP contribution in [0.25, 0.3) is 0 Å². The smallest absolute Gasteiger partial charge is 0.251 e. The Morgan fingerprint density at radius 3 is 2.80 bits per heavy atom. The minimum absolute atomic E-state index is 0. The largest absolute Gasteiger partial charge is 0.370 e. The predicted molar refractivity (Wildman–Crippen MR) is 102 cm³/mol. The SMILES string of the molecule is Cl.NC(=O)CCNC(=O)c1cccc(NC(=O)CC2CSCCN2)c1. The number of thioether (sulfide) groups is 1. The van der Waals surface area contributed by atoms with Gasteiger partial charge in [0.2, 0.25) is 11.8 Å². The van der Waals surface area contributed by atoms with Gasteiger partial charge in [0.25, 0.3) is 5.91 Å². The van der Waals surface area contributed by atoms with E-state index >= 15 is 0 Å². The van der Waals surface area contributed by atoms with Gasteiger partial charge in [0.1, 0.15) is 0 Å². The Morgan fingerprint density at radius 1 is 1.32 bits per heavy atom. The van der Waals surface area contributed by atoms with Crippen LogP contribution in [0.3, 0.4) is 0 Å². The summed E-state index contributed by atoms with van der Waals surface area (Å²) in [4.78, 5) is 34.8. The molecule has 1 aromatic carbocycles. The molecule has 2 rings (SSSR count). The van der Waals surface area contributed by atoms with Crippen LogP contribution >= 0.6 is 24.2 Å². The zero-order valence-corrected chi connectivity index (χ0v) is 15.4. The van der Waals surface area contributed by atoms with Gasteiger partial charge in [-0.05, 0) is 18.2 Å². The molecule has 1 saturated heterocycles. The summed E-state index contributed by atoms with van der Waals surface area (Å²) in [5, 5.41) is 8.74. The van der Waals surface area contributed by atoms with Crippen molar-refractivity contribution in [2.75, 3.05) is 29.9 Å². The fourth-order valence-corrected chi connectivity index (χ4v) is 3.28. The van der Waals surface area contributed by atoms with Crippen LogP contribution in [0.4, 0.5) is 5.69 Å². The zero-order valence-electron chi connectivity index (χ0n) is 13.7. The van der Waals surface area contributed by atoms with Crippen LogP contribution in [0.15, 0.2) is 24.3 Å². The highest BCUT2D eigenvalue weighted by Gasteiger charge is 2.17. The minimum atomic E-state index is -0.467. The molecule has 0 saturated carbocycles. The van der Waals surface area contributed by atoms with Crippen LogP contribution in [0.5, 0.6) is 0 Å². The van der Waals surface area contributed by atoms with E-state index in [-0.39, 0.29) is 43.2 Å². The first kappa shape index (κ1) is 21.3. The van der Waals surface area contributed by atoms with E-state index in [1.165, 1.54) is 0 Å². The Morgan fingerprint density at radius 2 is 2.12 bits per heavy atom. The third-order valence-corrected chi connectivity index (χ3v) is 4.63. The molecule has 1 aromatic rings. The predicted octanol–water partition coefficient (Wildman–Crippen LogP) is 0.747. The van der Waals surface area contributed by atoms with Crippen LogP contribution in [-0.4, -0.2) is 48.4 Å². The standard InChI is InChI=1S/C16H22N4O3S.ClH/c17-14(21)4-5-19-16(23)11-2-1-3-12(8-11)20-15(22)9-13-10-24-7-6-18-13;/h1-3,8,13,18H,4-7,9-10H2,(H2,17,21)(H,19,23)(H,20,22);1H. The number of rotatable bonds is 7. The molecule has 5 N–H and O–H groups in total. The van der Waals surface area contributed by atoms with Crippen molar-refractivity contribution in [2.24, 2.45) is 5.73 Å². The minimum Gasteiger partial charge on any atom is -0.370 e. The second-order valence-electron chi connectivity index (χ2n) is 5.53. The molecule has 1 atom stereocenters. The topological polar surface area (TPSA) is 113 Å². The molecule has 1 aliphatic heterocycles. The van der Waals surface area contributed by atoms with E-state index in [1.807, 2.05) is 11.8 Å². The summed E-state index contributed by atoms with van der Waals surface area (Å²) in [5.74, 6) is 1.14. The van der Waals surface area contributed by atoms with Crippen LogP contribution in [-0.2, 0) is 9.59 Å². The number of carbonyl (C=O) groups excluding carboxylic acids is 3. The Kier molecular flexibility index (Phi) is 9.33. The molecule has 9 heteroatoms. The van der Waals surface area contributed by atoms with Crippen LogP contribution in [0.2, 0.25) is 0 Å². The summed E-state index contributed by atoms with van der Waals surface area (Å²) in [5.41, 5.74) is 6.02. The van der Waals surface area contributed by atoms with Gasteiger partial charge in [0.05, 0.1) is 0 Å². The number of nitrogens with one attached hydrogen (secondary N) is 3. The first-order valence-electron chi connectivity index (χ1n) is 7.82. The third-order valence-electron chi connectivity index (χ3n) is 3.50. The fourth-order valence-electron chi connectivity index (χ4n) is 2.33. The number of halogens is 1. The monoisotopic (exact) mass is 386 g/mol. The molecule has 0 spiro atoms. The van der Waals surface area contributed by atoms with E-state index in [9.17, 15) is 14.4 Å². The number of carbonyl (C=O) groups is 3. The molecule has 1 aliphatic rings. The fraction of sp³-hybridized carbons (Fsp3) is 0.438. The normalized spacial score (nSPS) is 16.4. The molecule has 1 fully saturated rings. The molecular formula is C16H23ClN4O3S. The van der Waals surface area contributed by atoms with Crippen molar-refractivity contribution in [3.63, 3.8) is 0 Å². The first-order chi connectivity index (χ1) is 11.5. The molecule has 25 heavy (non-hydrogen) atoms. The van der Waals surface area contributed by atoms with Gasteiger partial charge in [-0.2, -0.15) is 11.8 Å². The Bertz CT molecular complexity index is 609. The van der Waals surface area contributed by atoms with E-state index in [4.69, 9.17) is 5.73 Å². The van der Waals surface area contributed by atoms with Gasteiger partial charge in [0, 0.05) is 54.7 Å². The van der Waals surface area contributed by atoms with Gasteiger partial charge in [-0.1, -0.05) is 6.07 Å². The van der Waals surface area contributed by atoms with Gasteiger partial charge >= 0.3 is 0 Å². The number of primary amides is 1. The van der Waals surface area contributed by atoms with Crippen LogP contribution in [0.1, 0.15) is 23.2 Å². The quantitative estimate of drug-likeness (QED) is 0.552. The van der Waals surface area contributed by atoms with Crippen molar-refractivity contribution in [3.05, 3.63) is 29.8 Å². The van der Waals surface area contributed by atoms with Crippen LogP contribution in [0, 0.1) is 0 Å². The molecule has 1 heterocycles. The number of hydrogen-bond acceptors (Lipinski definition) is 5. The molecule has 3 amide bonds. The van der Waals surface area contributed by atoms with Gasteiger partial charge in [-0.3, -0.25) is 14.4 Å². The first-order valence-corrected chi connectivity index (χ1v) is 8.97. The summed E-state index contributed by atoms with van der Waals surface area (Å²) in [7, 11) is 0. The average molecular weight is 387 g/mol. The number of hydrogen-bond donors (Lipinski definition) is 4. The van der Waals surface area contributed by atoms with Crippen molar-refractivity contribution in [1.82, 2.24) is 10.6 Å². The molecule has 0 bridgehead atoms. The summed E-state index contributed by atoms with van der Waals surface area (Å²) in [6.45, 7) is 1.11. The Balaban J connectivity index is 0.00000312. The van der Waals surface area contributed by atoms with E-state index in [1.54, 1.807) is 24.3 Å². The van der Waals surface area contributed by atoms with Crippen LogP contribution < -0.4 is 21.7 Å². The highest BCUT2D eigenvalue weighted by Crippen LogP contribution is 2.14.